The van der Waals surface area contributed by atoms with E-state index < -0.39 is 0 Å². The molecule has 5 heteroatoms. The standard InChI is InChI=1S/C14H16FN3O/c1-9-17-14(19-18-9)8-16-13-6-11(7-13)10-3-2-4-12(15)5-10/h2-5,11,13,16H,6-8H2,1H3. The zero-order chi connectivity index (χ0) is 13.2. The monoisotopic (exact) mass is 261 g/mol. The summed E-state index contributed by atoms with van der Waals surface area (Å²) < 4.78 is 18.2. The van der Waals surface area contributed by atoms with E-state index in [0.717, 1.165) is 18.4 Å². The van der Waals surface area contributed by atoms with E-state index in [1.807, 2.05) is 6.07 Å². The van der Waals surface area contributed by atoms with Crippen LogP contribution in [0.4, 0.5) is 4.39 Å². The Kier molecular flexibility index (Phi) is 3.29. The Morgan fingerprint density at radius 1 is 1.42 bits per heavy atom. The molecule has 1 aromatic heterocycles. The van der Waals surface area contributed by atoms with E-state index in [-0.39, 0.29) is 5.82 Å². The van der Waals surface area contributed by atoms with Crippen molar-refractivity contribution in [3.63, 3.8) is 0 Å². The number of aromatic nitrogens is 2. The molecule has 0 atom stereocenters. The zero-order valence-electron chi connectivity index (χ0n) is 10.8. The minimum Gasteiger partial charge on any atom is -0.338 e. The molecule has 0 saturated heterocycles. The van der Waals surface area contributed by atoms with Crippen LogP contribution in [0.2, 0.25) is 0 Å². The van der Waals surface area contributed by atoms with Crippen LogP contribution in [0.15, 0.2) is 28.8 Å². The first-order valence-corrected chi connectivity index (χ1v) is 6.49. The second-order valence-corrected chi connectivity index (χ2v) is 5.04. The van der Waals surface area contributed by atoms with Crippen molar-refractivity contribution in [3.8, 4) is 0 Å². The molecule has 1 N–H and O–H groups in total. The summed E-state index contributed by atoms with van der Waals surface area (Å²) in [7, 11) is 0. The Morgan fingerprint density at radius 2 is 2.26 bits per heavy atom. The van der Waals surface area contributed by atoms with Gasteiger partial charge < -0.3 is 9.84 Å². The van der Waals surface area contributed by atoms with Crippen LogP contribution in [-0.2, 0) is 6.54 Å². The van der Waals surface area contributed by atoms with E-state index in [4.69, 9.17) is 4.52 Å². The molecule has 19 heavy (non-hydrogen) atoms. The van der Waals surface area contributed by atoms with Gasteiger partial charge in [-0.25, -0.2) is 4.39 Å². The molecule has 2 aromatic rings. The molecular formula is C14H16FN3O. The van der Waals surface area contributed by atoms with Crippen molar-refractivity contribution in [1.29, 1.82) is 0 Å². The summed E-state index contributed by atoms with van der Waals surface area (Å²) in [6, 6.07) is 7.32. The van der Waals surface area contributed by atoms with Gasteiger partial charge in [0.1, 0.15) is 5.82 Å². The summed E-state index contributed by atoms with van der Waals surface area (Å²) >= 11 is 0. The topological polar surface area (TPSA) is 51.0 Å². The Hall–Kier alpha value is -1.75. The molecule has 0 amide bonds. The highest BCUT2D eigenvalue weighted by Crippen LogP contribution is 2.37. The van der Waals surface area contributed by atoms with Crippen molar-refractivity contribution in [3.05, 3.63) is 47.4 Å². The number of nitrogens with zero attached hydrogens (tertiary/aromatic N) is 2. The lowest BCUT2D eigenvalue weighted by atomic mass is 9.76. The number of hydrogen-bond acceptors (Lipinski definition) is 4. The Balaban J connectivity index is 1.48. The fourth-order valence-electron chi connectivity index (χ4n) is 2.46. The van der Waals surface area contributed by atoms with E-state index in [9.17, 15) is 4.39 Å². The maximum atomic E-state index is 13.1. The van der Waals surface area contributed by atoms with Crippen LogP contribution in [0.25, 0.3) is 0 Å². The second-order valence-electron chi connectivity index (χ2n) is 5.04. The molecule has 1 saturated carbocycles. The number of aryl methyl sites for hydroxylation is 1. The smallest absolute Gasteiger partial charge is 0.240 e. The van der Waals surface area contributed by atoms with Gasteiger partial charge in [0.2, 0.25) is 5.89 Å². The molecule has 0 unspecified atom stereocenters. The SMILES string of the molecule is Cc1noc(CNC2CC(c3cccc(F)c3)C2)n1. The van der Waals surface area contributed by atoms with E-state index in [1.54, 1.807) is 19.1 Å². The third kappa shape index (κ3) is 2.81. The molecule has 0 aliphatic heterocycles. The summed E-state index contributed by atoms with van der Waals surface area (Å²) in [5.74, 6) is 1.57. The highest BCUT2D eigenvalue weighted by Gasteiger charge is 2.30. The molecule has 0 spiro atoms. The van der Waals surface area contributed by atoms with Gasteiger partial charge in [-0.3, -0.25) is 0 Å². The van der Waals surface area contributed by atoms with Crippen molar-refractivity contribution in [1.82, 2.24) is 15.5 Å². The van der Waals surface area contributed by atoms with Gasteiger partial charge in [0, 0.05) is 6.04 Å². The molecule has 100 valence electrons. The van der Waals surface area contributed by atoms with E-state index in [1.165, 1.54) is 6.07 Å². The van der Waals surface area contributed by atoms with Crippen LogP contribution in [0.5, 0.6) is 0 Å². The van der Waals surface area contributed by atoms with E-state index in [0.29, 0.717) is 30.2 Å². The van der Waals surface area contributed by atoms with Crippen LogP contribution in [-0.4, -0.2) is 16.2 Å². The highest BCUT2D eigenvalue weighted by molar-refractivity contribution is 5.23. The van der Waals surface area contributed by atoms with Gasteiger partial charge in [0.25, 0.3) is 0 Å². The summed E-state index contributed by atoms with van der Waals surface area (Å²) in [6.07, 6.45) is 2.05. The quantitative estimate of drug-likeness (QED) is 0.919. The van der Waals surface area contributed by atoms with Crippen molar-refractivity contribution in [2.45, 2.75) is 38.3 Å². The number of benzene rings is 1. The largest absolute Gasteiger partial charge is 0.338 e. The van der Waals surface area contributed by atoms with Gasteiger partial charge in [-0.05, 0) is 43.4 Å². The Labute approximate surface area is 111 Å². The van der Waals surface area contributed by atoms with Crippen LogP contribution in [0.1, 0.15) is 36.0 Å². The van der Waals surface area contributed by atoms with Crippen LogP contribution >= 0.6 is 0 Å². The predicted molar refractivity (Wildman–Crippen MR) is 68.0 cm³/mol. The molecule has 1 aliphatic carbocycles. The highest BCUT2D eigenvalue weighted by atomic mass is 19.1. The normalized spacial score (nSPS) is 22.2. The molecule has 3 rings (SSSR count). The van der Waals surface area contributed by atoms with Crippen molar-refractivity contribution in [2.75, 3.05) is 0 Å². The molecule has 1 aromatic carbocycles. The molecular weight excluding hydrogens is 245 g/mol. The van der Waals surface area contributed by atoms with Crippen LogP contribution in [0, 0.1) is 12.7 Å². The first-order valence-electron chi connectivity index (χ1n) is 6.49. The average Bonchev–Trinajstić information content (AvgIpc) is 2.73. The van der Waals surface area contributed by atoms with E-state index >= 15 is 0 Å². The lowest BCUT2D eigenvalue weighted by Gasteiger charge is -2.36. The lowest BCUT2D eigenvalue weighted by molar-refractivity contribution is 0.271. The van der Waals surface area contributed by atoms with Crippen LogP contribution in [0.3, 0.4) is 0 Å². The fraction of sp³-hybridized carbons (Fsp3) is 0.429. The lowest BCUT2D eigenvalue weighted by Crippen LogP contribution is -2.39. The maximum absolute atomic E-state index is 13.1. The summed E-state index contributed by atoms with van der Waals surface area (Å²) in [4.78, 5) is 4.14. The summed E-state index contributed by atoms with van der Waals surface area (Å²) in [5.41, 5.74) is 1.09. The third-order valence-corrected chi connectivity index (χ3v) is 3.57. The first-order chi connectivity index (χ1) is 9.20. The Morgan fingerprint density at radius 3 is 2.95 bits per heavy atom. The van der Waals surface area contributed by atoms with Crippen LogP contribution < -0.4 is 5.32 Å². The van der Waals surface area contributed by atoms with Gasteiger partial charge in [-0.15, -0.1) is 0 Å². The minimum absolute atomic E-state index is 0.157. The van der Waals surface area contributed by atoms with Crippen molar-refractivity contribution < 1.29 is 8.91 Å². The van der Waals surface area contributed by atoms with Gasteiger partial charge in [-0.2, -0.15) is 4.98 Å². The summed E-state index contributed by atoms with van der Waals surface area (Å²) in [6.45, 7) is 2.40. The molecule has 1 aliphatic rings. The van der Waals surface area contributed by atoms with Gasteiger partial charge in [0.15, 0.2) is 5.82 Å². The number of rotatable bonds is 4. The first kappa shape index (κ1) is 12.3. The predicted octanol–water partition coefficient (Wildman–Crippen LogP) is 2.55. The number of hydrogen-bond donors (Lipinski definition) is 1. The van der Waals surface area contributed by atoms with E-state index in [2.05, 4.69) is 15.5 Å². The third-order valence-electron chi connectivity index (χ3n) is 3.57. The molecule has 0 radical (unpaired) electrons. The molecule has 1 heterocycles. The minimum atomic E-state index is -0.157. The fourth-order valence-corrected chi connectivity index (χ4v) is 2.46. The maximum Gasteiger partial charge on any atom is 0.240 e. The number of nitrogens with one attached hydrogen (secondary N) is 1. The molecule has 0 bridgehead atoms. The molecule has 1 fully saturated rings. The summed E-state index contributed by atoms with van der Waals surface area (Å²) in [5, 5.41) is 7.12. The number of halogens is 1. The molecule has 4 nitrogen and oxygen atoms in total. The van der Waals surface area contributed by atoms with Gasteiger partial charge in [0.05, 0.1) is 6.54 Å². The average molecular weight is 261 g/mol. The Bertz CT molecular complexity index is 563. The van der Waals surface area contributed by atoms with Gasteiger partial charge in [-0.1, -0.05) is 17.3 Å². The van der Waals surface area contributed by atoms with Crippen molar-refractivity contribution in [2.24, 2.45) is 0 Å². The van der Waals surface area contributed by atoms with Gasteiger partial charge >= 0.3 is 0 Å². The zero-order valence-corrected chi connectivity index (χ0v) is 10.8. The second kappa shape index (κ2) is 5.09. The van der Waals surface area contributed by atoms with Crippen molar-refractivity contribution >= 4 is 0 Å².